The van der Waals surface area contributed by atoms with E-state index < -0.39 is 0 Å². The minimum absolute atomic E-state index is 0.0970. The van der Waals surface area contributed by atoms with Crippen molar-refractivity contribution in [2.24, 2.45) is 0 Å². The van der Waals surface area contributed by atoms with Gasteiger partial charge in [0.1, 0.15) is 0 Å². The number of nitrogens with one attached hydrogen (secondary N) is 2. The van der Waals surface area contributed by atoms with Gasteiger partial charge in [0, 0.05) is 11.8 Å². The van der Waals surface area contributed by atoms with Crippen LogP contribution in [0.25, 0.3) is 5.65 Å². The lowest BCUT2D eigenvalue weighted by Crippen LogP contribution is -2.39. The van der Waals surface area contributed by atoms with Crippen molar-refractivity contribution in [3.63, 3.8) is 0 Å². The zero-order chi connectivity index (χ0) is 19.1. The van der Waals surface area contributed by atoms with E-state index in [1.54, 1.807) is 36.0 Å². The number of thioether (sulfide) groups is 1. The van der Waals surface area contributed by atoms with Gasteiger partial charge in [-0.3, -0.25) is 14.0 Å². The Morgan fingerprint density at radius 1 is 1.11 bits per heavy atom. The fourth-order valence-corrected chi connectivity index (χ4v) is 3.17. The van der Waals surface area contributed by atoms with Gasteiger partial charge in [0.2, 0.25) is 5.91 Å². The topological polar surface area (TPSA) is 88.4 Å². The number of fused-ring (bicyclic) bond motifs is 1. The van der Waals surface area contributed by atoms with Crippen molar-refractivity contribution in [3.05, 3.63) is 66.1 Å². The number of aromatic nitrogens is 3. The molecule has 0 bridgehead atoms. The van der Waals surface area contributed by atoms with Crippen molar-refractivity contribution in [1.29, 1.82) is 0 Å². The number of hydrogen-bond donors (Lipinski definition) is 2. The summed E-state index contributed by atoms with van der Waals surface area (Å²) in [4.78, 5) is 24.5. The smallest absolute Gasteiger partial charge is 0.251 e. The number of pyridine rings is 1. The van der Waals surface area contributed by atoms with E-state index in [1.807, 2.05) is 41.1 Å². The zero-order valence-corrected chi connectivity index (χ0v) is 15.8. The normalized spacial score (nSPS) is 11.9. The van der Waals surface area contributed by atoms with E-state index in [0.29, 0.717) is 11.4 Å². The monoisotopic (exact) mass is 383 g/mol. The molecular weight excluding hydrogens is 362 g/mol. The van der Waals surface area contributed by atoms with Gasteiger partial charge in [0.05, 0.1) is 12.6 Å². The van der Waals surface area contributed by atoms with Gasteiger partial charge in [-0.05, 0) is 42.7 Å². The molecule has 0 spiro atoms. The maximum absolute atomic E-state index is 12.4. The van der Waals surface area contributed by atoms with Crippen molar-refractivity contribution in [2.75, 3.05) is 18.6 Å². The fourth-order valence-electron chi connectivity index (χ4n) is 2.70. The van der Waals surface area contributed by atoms with Gasteiger partial charge in [-0.15, -0.1) is 10.2 Å². The summed E-state index contributed by atoms with van der Waals surface area (Å²) in [6.45, 7) is -0.0970. The lowest BCUT2D eigenvalue weighted by atomic mass is 10.2. The predicted octanol–water partition coefficient (Wildman–Crippen LogP) is 2.07. The van der Waals surface area contributed by atoms with Crippen LogP contribution in [0.2, 0.25) is 0 Å². The van der Waals surface area contributed by atoms with Crippen LogP contribution in [0.1, 0.15) is 28.6 Å². The highest BCUT2D eigenvalue weighted by Crippen LogP contribution is 2.18. The summed E-state index contributed by atoms with van der Waals surface area (Å²) in [6, 6.07) is 14.2. The number of hydrogen-bond acceptors (Lipinski definition) is 5. The summed E-state index contributed by atoms with van der Waals surface area (Å²) in [6.07, 6.45) is 4.61. The summed E-state index contributed by atoms with van der Waals surface area (Å²) < 4.78 is 1.87. The Morgan fingerprint density at radius 2 is 1.89 bits per heavy atom. The first-order chi connectivity index (χ1) is 13.2. The molecule has 1 atom stereocenters. The summed E-state index contributed by atoms with van der Waals surface area (Å²) >= 11 is 1.70. The summed E-state index contributed by atoms with van der Waals surface area (Å²) in [5, 5.41) is 14.0. The molecule has 27 heavy (non-hydrogen) atoms. The molecule has 0 fully saturated rings. The lowest BCUT2D eigenvalue weighted by molar-refractivity contribution is -0.120. The number of benzene rings is 1. The molecule has 0 aliphatic heterocycles. The number of carbonyl (C=O) groups excluding carboxylic acids is 2. The highest BCUT2D eigenvalue weighted by atomic mass is 32.2. The first-order valence-corrected chi connectivity index (χ1v) is 9.99. The van der Waals surface area contributed by atoms with E-state index in [-0.39, 0.29) is 24.4 Å². The molecule has 0 aliphatic rings. The Hall–Kier alpha value is -2.87. The van der Waals surface area contributed by atoms with E-state index in [9.17, 15) is 9.59 Å². The van der Waals surface area contributed by atoms with Gasteiger partial charge in [-0.2, -0.15) is 11.8 Å². The first-order valence-electron chi connectivity index (χ1n) is 8.60. The average Bonchev–Trinajstić information content (AvgIpc) is 3.14. The van der Waals surface area contributed by atoms with Crippen LogP contribution >= 0.6 is 11.8 Å². The van der Waals surface area contributed by atoms with Crippen molar-refractivity contribution in [3.8, 4) is 0 Å². The predicted molar refractivity (Wildman–Crippen MR) is 106 cm³/mol. The number of rotatable bonds is 8. The van der Waals surface area contributed by atoms with E-state index >= 15 is 0 Å². The molecule has 0 saturated carbocycles. The molecule has 1 aromatic carbocycles. The van der Waals surface area contributed by atoms with Crippen molar-refractivity contribution in [2.45, 2.75) is 12.5 Å². The second-order valence-corrected chi connectivity index (χ2v) is 6.92. The highest BCUT2D eigenvalue weighted by Gasteiger charge is 2.20. The second-order valence-electron chi connectivity index (χ2n) is 5.94. The third-order valence-corrected chi connectivity index (χ3v) is 4.69. The van der Waals surface area contributed by atoms with Crippen LogP contribution in [-0.2, 0) is 4.79 Å². The second kappa shape index (κ2) is 9.18. The molecule has 140 valence electrons. The maximum atomic E-state index is 12.4. The van der Waals surface area contributed by atoms with E-state index in [1.165, 1.54) is 0 Å². The van der Waals surface area contributed by atoms with Crippen molar-refractivity contribution < 1.29 is 9.59 Å². The van der Waals surface area contributed by atoms with Crippen LogP contribution in [0.5, 0.6) is 0 Å². The third kappa shape index (κ3) is 4.85. The highest BCUT2D eigenvalue weighted by molar-refractivity contribution is 7.98. The Kier molecular flexibility index (Phi) is 6.43. The minimum Gasteiger partial charge on any atom is -0.344 e. The van der Waals surface area contributed by atoms with Gasteiger partial charge in [0.15, 0.2) is 11.5 Å². The van der Waals surface area contributed by atoms with Crippen molar-refractivity contribution >= 4 is 29.2 Å². The molecule has 2 heterocycles. The van der Waals surface area contributed by atoms with Gasteiger partial charge >= 0.3 is 0 Å². The molecule has 1 unspecified atom stereocenters. The number of amides is 2. The van der Waals surface area contributed by atoms with Gasteiger partial charge < -0.3 is 10.6 Å². The Morgan fingerprint density at radius 3 is 2.67 bits per heavy atom. The fraction of sp³-hybridized carbons (Fsp3) is 0.263. The molecule has 3 aromatic rings. The first kappa shape index (κ1) is 18.9. The van der Waals surface area contributed by atoms with Crippen molar-refractivity contribution in [1.82, 2.24) is 25.2 Å². The maximum Gasteiger partial charge on any atom is 0.251 e. The molecule has 0 radical (unpaired) electrons. The van der Waals surface area contributed by atoms with Crippen LogP contribution in [0.4, 0.5) is 0 Å². The Labute approximate surface area is 161 Å². The van der Waals surface area contributed by atoms with Gasteiger partial charge in [0.25, 0.3) is 5.91 Å². The third-order valence-electron chi connectivity index (χ3n) is 4.04. The molecule has 2 N–H and O–H groups in total. The van der Waals surface area contributed by atoms with Crippen LogP contribution in [0, 0.1) is 0 Å². The van der Waals surface area contributed by atoms with E-state index in [2.05, 4.69) is 20.8 Å². The van der Waals surface area contributed by atoms with Crippen LogP contribution < -0.4 is 10.6 Å². The molecular formula is C19H21N5O2S. The zero-order valence-electron chi connectivity index (χ0n) is 15.0. The molecule has 2 aromatic heterocycles. The van der Waals surface area contributed by atoms with Gasteiger partial charge in [-0.1, -0.05) is 24.3 Å². The molecule has 3 rings (SSSR count). The largest absolute Gasteiger partial charge is 0.344 e. The van der Waals surface area contributed by atoms with E-state index in [4.69, 9.17) is 0 Å². The van der Waals surface area contributed by atoms with Crippen LogP contribution in [0.3, 0.4) is 0 Å². The van der Waals surface area contributed by atoms with Crippen LogP contribution in [0.15, 0.2) is 54.7 Å². The molecule has 8 heteroatoms. The lowest BCUT2D eigenvalue weighted by Gasteiger charge is -2.17. The molecule has 2 amide bonds. The quantitative estimate of drug-likeness (QED) is 0.622. The number of carbonyl (C=O) groups is 2. The molecule has 7 nitrogen and oxygen atoms in total. The molecule has 0 aliphatic carbocycles. The minimum atomic E-state index is -0.282. The molecule has 0 saturated heterocycles. The van der Waals surface area contributed by atoms with Crippen LogP contribution in [-0.4, -0.2) is 45.0 Å². The summed E-state index contributed by atoms with van der Waals surface area (Å²) in [5.41, 5.74) is 1.25. The van der Waals surface area contributed by atoms with Gasteiger partial charge in [-0.25, -0.2) is 0 Å². The SMILES string of the molecule is CSCCC(NC(=O)CNC(=O)c1ccccc1)c1nnc2ccccn12. The van der Waals surface area contributed by atoms with E-state index in [0.717, 1.165) is 17.8 Å². The Bertz CT molecular complexity index is 913. The average molecular weight is 383 g/mol. The number of nitrogens with zero attached hydrogens (tertiary/aromatic N) is 3. The summed E-state index contributed by atoms with van der Waals surface area (Å²) in [7, 11) is 0. The standard InChI is InChI=1S/C19H21N5O2S/c1-27-12-10-15(18-23-22-16-9-5-6-11-24(16)18)21-17(25)13-20-19(26)14-7-3-2-4-8-14/h2-9,11,15H,10,12-13H2,1H3,(H,20,26)(H,21,25). The Balaban J connectivity index is 1.65. The summed E-state index contributed by atoms with van der Waals surface area (Å²) in [5.74, 6) is 1.00.